The predicted molar refractivity (Wildman–Crippen MR) is 109 cm³/mol. The van der Waals surface area contributed by atoms with E-state index in [0.717, 1.165) is 42.7 Å². The van der Waals surface area contributed by atoms with Gasteiger partial charge in [0.25, 0.3) is 5.91 Å². The number of aryl methyl sites for hydroxylation is 2. The summed E-state index contributed by atoms with van der Waals surface area (Å²) in [4.78, 5) is 12.5. The Morgan fingerprint density at radius 3 is 2.46 bits per heavy atom. The van der Waals surface area contributed by atoms with Gasteiger partial charge in [0, 0.05) is 11.6 Å². The predicted octanol–water partition coefficient (Wildman–Crippen LogP) is 6.22. The Hall–Kier alpha value is -1.51. The quantitative estimate of drug-likeness (QED) is 0.645. The molecule has 138 valence electrons. The van der Waals surface area contributed by atoms with Gasteiger partial charge in [0.2, 0.25) is 0 Å². The van der Waals surface area contributed by atoms with Crippen LogP contribution >= 0.6 is 23.2 Å². The fraction of sp³-hybridized carbons (Fsp3) is 0.409. The molecule has 2 nitrogen and oxygen atoms in total. The van der Waals surface area contributed by atoms with Gasteiger partial charge in [0.1, 0.15) is 0 Å². The molecule has 0 heterocycles. The lowest BCUT2D eigenvalue weighted by atomic mass is 9.82. The number of nitrogens with one attached hydrogen (secondary N) is 1. The molecule has 0 aromatic heterocycles. The first-order valence-electron chi connectivity index (χ1n) is 9.33. The van der Waals surface area contributed by atoms with Gasteiger partial charge in [0.05, 0.1) is 10.0 Å². The number of benzene rings is 2. The Labute approximate surface area is 165 Å². The number of amides is 1. The Balaban J connectivity index is 1.44. The number of carbonyl (C=O) groups excluding carboxylic acids is 1. The Kier molecular flexibility index (Phi) is 6.61. The average Bonchev–Trinajstić information content (AvgIpc) is 2.64. The van der Waals surface area contributed by atoms with Crippen LogP contribution in [0, 0.1) is 12.8 Å². The van der Waals surface area contributed by atoms with E-state index in [1.807, 2.05) is 43.3 Å². The minimum absolute atomic E-state index is 0.0577. The van der Waals surface area contributed by atoms with E-state index in [4.69, 9.17) is 23.2 Å². The maximum Gasteiger partial charge on any atom is 0.251 e. The summed E-state index contributed by atoms with van der Waals surface area (Å²) in [5.41, 5.74) is 3.06. The number of hydrogen-bond acceptors (Lipinski definition) is 1. The lowest BCUT2D eigenvalue weighted by Crippen LogP contribution is -2.38. The molecular formula is C22H25Cl2NO. The molecule has 26 heavy (non-hydrogen) atoms. The second-order valence-corrected chi connectivity index (χ2v) is 8.11. The van der Waals surface area contributed by atoms with E-state index in [1.54, 1.807) is 0 Å². The average molecular weight is 390 g/mol. The van der Waals surface area contributed by atoms with Crippen LogP contribution in [0.15, 0.2) is 42.5 Å². The minimum atomic E-state index is 0.0577. The van der Waals surface area contributed by atoms with Crippen LogP contribution in [-0.2, 0) is 6.42 Å². The largest absolute Gasteiger partial charge is 0.349 e. The van der Waals surface area contributed by atoms with Crippen LogP contribution in [0.3, 0.4) is 0 Å². The van der Waals surface area contributed by atoms with Gasteiger partial charge in [-0.3, -0.25) is 4.79 Å². The molecule has 4 heteroatoms. The van der Waals surface area contributed by atoms with Crippen molar-refractivity contribution in [2.45, 2.75) is 51.5 Å². The molecule has 0 spiro atoms. The van der Waals surface area contributed by atoms with E-state index in [9.17, 15) is 4.79 Å². The highest BCUT2D eigenvalue weighted by molar-refractivity contribution is 6.42. The van der Waals surface area contributed by atoms with Crippen molar-refractivity contribution < 1.29 is 4.79 Å². The molecule has 0 atom stereocenters. The number of halogens is 2. The zero-order valence-corrected chi connectivity index (χ0v) is 16.6. The first kappa shape index (κ1) is 19.3. The van der Waals surface area contributed by atoms with Crippen LogP contribution in [0.25, 0.3) is 0 Å². The second kappa shape index (κ2) is 8.92. The van der Waals surface area contributed by atoms with Gasteiger partial charge in [-0.15, -0.1) is 0 Å². The van der Waals surface area contributed by atoms with Gasteiger partial charge in [-0.2, -0.15) is 0 Å². The molecule has 0 unspecified atom stereocenters. The first-order valence-corrected chi connectivity index (χ1v) is 10.1. The summed E-state index contributed by atoms with van der Waals surface area (Å²) in [7, 11) is 0. The SMILES string of the molecule is Cc1ccccc1C(=O)NC1CCC(CCc2ccc(Cl)c(Cl)c2)CC1. The van der Waals surface area contributed by atoms with Crippen molar-refractivity contribution in [2.75, 3.05) is 0 Å². The normalized spacial score (nSPS) is 20.0. The summed E-state index contributed by atoms with van der Waals surface area (Å²) < 4.78 is 0. The second-order valence-electron chi connectivity index (χ2n) is 7.29. The Morgan fingerprint density at radius 1 is 1.04 bits per heavy atom. The summed E-state index contributed by atoms with van der Waals surface area (Å²) >= 11 is 12.1. The fourth-order valence-corrected chi connectivity index (χ4v) is 4.07. The molecule has 1 saturated carbocycles. The Morgan fingerprint density at radius 2 is 1.77 bits per heavy atom. The molecule has 0 saturated heterocycles. The van der Waals surface area contributed by atoms with E-state index < -0.39 is 0 Å². The molecule has 3 rings (SSSR count). The third kappa shape index (κ3) is 5.02. The van der Waals surface area contributed by atoms with Crippen molar-refractivity contribution in [3.63, 3.8) is 0 Å². The smallest absolute Gasteiger partial charge is 0.251 e. The molecule has 1 fully saturated rings. The maximum atomic E-state index is 12.5. The first-order chi connectivity index (χ1) is 12.5. The Bertz CT molecular complexity index is 766. The highest BCUT2D eigenvalue weighted by atomic mass is 35.5. The van der Waals surface area contributed by atoms with Crippen molar-refractivity contribution in [3.05, 3.63) is 69.2 Å². The van der Waals surface area contributed by atoms with Gasteiger partial charge in [-0.05, 0) is 80.7 Å². The van der Waals surface area contributed by atoms with Gasteiger partial charge < -0.3 is 5.32 Å². The number of carbonyl (C=O) groups is 1. The van der Waals surface area contributed by atoms with Crippen molar-refractivity contribution in [1.29, 1.82) is 0 Å². The van der Waals surface area contributed by atoms with Gasteiger partial charge in [-0.25, -0.2) is 0 Å². The summed E-state index contributed by atoms with van der Waals surface area (Å²) in [6, 6.07) is 14.0. The van der Waals surface area contributed by atoms with Gasteiger partial charge in [0.15, 0.2) is 0 Å². The summed E-state index contributed by atoms with van der Waals surface area (Å²) in [5, 5.41) is 4.46. The van der Waals surface area contributed by atoms with E-state index >= 15 is 0 Å². The summed E-state index contributed by atoms with van der Waals surface area (Å²) in [6.45, 7) is 1.98. The van der Waals surface area contributed by atoms with Crippen LogP contribution in [-0.4, -0.2) is 11.9 Å². The minimum Gasteiger partial charge on any atom is -0.349 e. The lowest BCUT2D eigenvalue weighted by Gasteiger charge is -2.29. The molecule has 1 N–H and O–H groups in total. The van der Waals surface area contributed by atoms with Crippen molar-refractivity contribution in [2.24, 2.45) is 5.92 Å². The number of rotatable bonds is 5. The van der Waals surface area contributed by atoms with Crippen LogP contribution < -0.4 is 5.32 Å². The molecule has 0 aliphatic heterocycles. The van der Waals surface area contributed by atoms with E-state index in [1.165, 1.54) is 18.4 Å². The highest BCUT2D eigenvalue weighted by Gasteiger charge is 2.23. The van der Waals surface area contributed by atoms with Crippen molar-refractivity contribution in [1.82, 2.24) is 5.32 Å². The molecular weight excluding hydrogens is 365 g/mol. The van der Waals surface area contributed by atoms with Crippen LogP contribution in [0.1, 0.15) is 53.6 Å². The third-order valence-corrected chi connectivity index (χ3v) is 6.14. The topological polar surface area (TPSA) is 29.1 Å². The standard InChI is InChI=1S/C22H25Cl2NO/c1-15-4-2-3-5-19(15)22(26)25-18-11-8-16(9-12-18)6-7-17-10-13-20(23)21(24)14-17/h2-5,10,13-14,16,18H,6-9,11-12H2,1H3,(H,25,26). The summed E-state index contributed by atoms with van der Waals surface area (Å²) in [6.07, 6.45) is 6.64. The van der Waals surface area contributed by atoms with Crippen LogP contribution in [0.5, 0.6) is 0 Å². The highest BCUT2D eigenvalue weighted by Crippen LogP contribution is 2.29. The molecule has 0 bridgehead atoms. The number of hydrogen-bond donors (Lipinski definition) is 1. The summed E-state index contributed by atoms with van der Waals surface area (Å²) in [5.74, 6) is 0.776. The molecule has 0 radical (unpaired) electrons. The van der Waals surface area contributed by atoms with Crippen LogP contribution in [0.4, 0.5) is 0 Å². The fourth-order valence-electron chi connectivity index (χ4n) is 3.75. The van der Waals surface area contributed by atoms with Crippen molar-refractivity contribution >= 4 is 29.1 Å². The lowest BCUT2D eigenvalue weighted by molar-refractivity contribution is 0.0920. The molecule has 1 aliphatic rings. The zero-order chi connectivity index (χ0) is 18.5. The monoisotopic (exact) mass is 389 g/mol. The zero-order valence-electron chi connectivity index (χ0n) is 15.1. The molecule has 2 aromatic carbocycles. The molecule has 1 amide bonds. The van der Waals surface area contributed by atoms with E-state index in [0.29, 0.717) is 16.1 Å². The maximum absolute atomic E-state index is 12.5. The van der Waals surface area contributed by atoms with E-state index in [2.05, 4.69) is 11.4 Å². The molecule has 2 aromatic rings. The van der Waals surface area contributed by atoms with Gasteiger partial charge >= 0.3 is 0 Å². The van der Waals surface area contributed by atoms with Gasteiger partial charge in [-0.1, -0.05) is 47.5 Å². The van der Waals surface area contributed by atoms with Crippen LogP contribution in [0.2, 0.25) is 10.0 Å². The van der Waals surface area contributed by atoms with E-state index in [-0.39, 0.29) is 5.91 Å². The molecule has 1 aliphatic carbocycles. The third-order valence-electron chi connectivity index (χ3n) is 5.40. The van der Waals surface area contributed by atoms with Crippen molar-refractivity contribution in [3.8, 4) is 0 Å².